The first-order valence-electron chi connectivity index (χ1n) is 9.72. The molecule has 3 aromatic carbocycles. The Morgan fingerprint density at radius 3 is 2.55 bits per heavy atom. The van der Waals surface area contributed by atoms with Gasteiger partial charge in [-0.15, -0.1) is 0 Å². The largest absolute Gasteiger partial charge is 0.422 e. The van der Waals surface area contributed by atoms with Crippen LogP contribution >= 0.6 is 0 Å². The summed E-state index contributed by atoms with van der Waals surface area (Å²) in [5.74, 6) is 0. The zero-order valence-electron chi connectivity index (χ0n) is 15.9. The molecule has 3 heteroatoms. The van der Waals surface area contributed by atoms with E-state index >= 15 is 0 Å². The monoisotopic (exact) mass is 375 g/mol. The normalized spacial score (nSPS) is 12.3. The van der Waals surface area contributed by atoms with Crippen molar-refractivity contribution in [2.45, 2.75) is 13.3 Å². The first kappa shape index (κ1) is 16.3. The summed E-state index contributed by atoms with van der Waals surface area (Å²) < 4.78 is 5.75. The molecule has 3 nitrogen and oxygen atoms in total. The molecule has 0 spiro atoms. The summed E-state index contributed by atoms with van der Waals surface area (Å²) >= 11 is 0. The Morgan fingerprint density at radius 2 is 1.69 bits per heavy atom. The highest BCUT2D eigenvalue weighted by atomic mass is 16.4. The van der Waals surface area contributed by atoms with E-state index in [0.717, 1.165) is 45.1 Å². The van der Waals surface area contributed by atoms with Crippen LogP contribution in [0.25, 0.3) is 44.1 Å². The van der Waals surface area contributed by atoms with E-state index in [-0.39, 0.29) is 5.63 Å². The van der Waals surface area contributed by atoms with Crippen LogP contribution in [0.1, 0.15) is 16.7 Å². The maximum absolute atomic E-state index is 12.6. The van der Waals surface area contributed by atoms with E-state index < -0.39 is 0 Å². The van der Waals surface area contributed by atoms with Gasteiger partial charge in [0.25, 0.3) is 0 Å². The molecule has 0 N–H and O–H groups in total. The van der Waals surface area contributed by atoms with Crippen molar-refractivity contribution < 1.29 is 4.42 Å². The zero-order valence-corrected chi connectivity index (χ0v) is 15.9. The maximum atomic E-state index is 12.6. The quantitative estimate of drug-likeness (QED) is 0.280. The summed E-state index contributed by atoms with van der Waals surface area (Å²) in [6.45, 7) is 2.02. The predicted octanol–water partition coefficient (Wildman–Crippen LogP) is 5.89. The minimum atomic E-state index is -0.260. The second-order valence-electron chi connectivity index (χ2n) is 7.72. The molecule has 0 saturated carbocycles. The molecule has 0 atom stereocenters. The van der Waals surface area contributed by atoms with Crippen molar-refractivity contribution >= 4 is 21.7 Å². The van der Waals surface area contributed by atoms with Crippen molar-refractivity contribution in [2.75, 3.05) is 0 Å². The fourth-order valence-corrected chi connectivity index (χ4v) is 4.55. The van der Waals surface area contributed by atoms with Gasteiger partial charge >= 0.3 is 5.63 Å². The Labute approximate surface area is 167 Å². The minimum Gasteiger partial charge on any atom is -0.422 e. The maximum Gasteiger partial charge on any atom is 0.344 e. The smallest absolute Gasteiger partial charge is 0.344 e. The van der Waals surface area contributed by atoms with E-state index in [9.17, 15) is 4.79 Å². The van der Waals surface area contributed by atoms with Crippen molar-refractivity contribution in [2.24, 2.45) is 0 Å². The lowest BCUT2D eigenvalue weighted by molar-refractivity contribution is 0.570. The van der Waals surface area contributed by atoms with Crippen LogP contribution in [0.5, 0.6) is 0 Å². The van der Waals surface area contributed by atoms with Gasteiger partial charge in [-0.3, -0.25) is 4.98 Å². The molecule has 2 aromatic heterocycles. The van der Waals surface area contributed by atoms with Crippen molar-refractivity contribution in [1.29, 1.82) is 0 Å². The highest BCUT2D eigenvalue weighted by Gasteiger charge is 2.22. The van der Waals surface area contributed by atoms with Gasteiger partial charge in [-0.25, -0.2) is 4.79 Å². The van der Waals surface area contributed by atoms with Gasteiger partial charge in [0.05, 0.1) is 11.1 Å². The standard InChI is InChI=1S/C26H17NO2/c1-15-9-19-13-20-12-18(14-23-25(20)24(19)21(10-15)26(28)29-23)16-5-4-6-17(11-16)22-7-2-3-8-27-22/h2-12,14H,13H2,1H3. The number of nitrogens with zero attached hydrogens (tertiary/aromatic N) is 1. The Bertz CT molecular complexity index is 1500. The molecule has 138 valence electrons. The highest BCUT2D eigenvalue weighted by Crippen LogP contribution is 2.40. The SMILES string of the molecule is Cc1cc2c3c(c1)c(=O)oc1cc(-c4cccc(-c5ccccn5)c4)cc(c13)C2. The average Bonchev–Trinajstić information content (AvgIpc) is 3.11. The van der Waals surface area contributed by atoms with Crippen molar-refractivity contribution in [3.63, 3.8) is 0 Å². The van der Waals surface area contributed by atoms with Crippen molar-refractivity contribution in [1.82, 2.24) is 4.98 Å². The topological polar surface area (TPSA) is 43.1 Å². The molecular formula is C26H17NO2. The Balaban J connectivity index is 1.58. The summed E-state index contributed by atoms with van der Waals surface area (Å²) in [6, 6.07) is 22.6. The fraction of sp³-hybridized carbons (Fsp3) is 0.0769. The Morgan fingerprint density at radius 1 is 0.828 bits per heavy atom. The molecular weight excluding hydrogens is 358 g/mol. The van der Waals surface area contributed by atoms with E-state index in [4.69, 9.17) is 4.42 Å². The van der Waals surface area contributed by atoms with Crippen LogP contribution in [0.15, 0.2) is 82.1 Å². The zero-order chi connectivity index (χ0) is 19.5. The lowest BCUT2D eigenvalue weighted by atomic mass is 9.98. The minimum absolute atomic E-state index is 0.260. The molecule has 0 amide bonds. The molecule has 2 heterocycles. The number of benzene rings is 3. The molecule has 0 fully saturated rings. The van der Waals surface area contributed by atoms with Gasteiger partial charge in [0, 0.05) is 22.5 Å². The van der Waals surface area contributed by atoms with Gasteiger partial charge in [0.1, 0.15) is 5.58 Å². The molecule has 0 bridgehead atoms. The van der Waals surface area contributed by atoms with Crippen LogP contribution in [0.4, 0.5) is 0 Å². The van der Waals surface area contributed by atoms with Crippen LogP contribution in [-0.4, -0.2) is 4.98 Å². The van der Waals surface area contributed by atoms with Gasteiger partial charge in [-0.2, -0.15) is 0 Å². The molecule has 1 aliphatic rings. The molecule has 1 aliphatic carbocycles. The van der Waals surface area contributed by atoms with E-state index in [2.05, 4.69) is 35.3 Å². The molecule has 6 rings (SSSR count). The molecule has 29 heavy (non-hydrogen) atoms. The summed E-state index contributed by atoms with van der Waals surface area (Å²) in [7, 11) is 0. The van der Waals surface area contributed by atoms with Crippen molar-refractivity contribution in [3.8, 4) is 22.4 Å². The summed E-state index contributed by atoms with van der Waals surface area (Å²) in [5, 5.41) is 2.83. The van der Waals surface area contributed by atoms with Crippen molar-refractivity contribution in [3.05, 3.63) is 100 Å². The number of pyridine rings is 1. The van der Waals surface area contributed by atoms with Gasteiger partial charge in [0.2, 0.25) is 0 Å². The molecule has 0 aliphatic heterocycles. The lowest BCUT2D eigenvalue weighted by Crippen LogP contribution is -2.00. The van der Waals surface area contributed by atoms with Gasteiger partial charge in [0.15, 0.2) is 0 Å². The second kappa shape index (κ2) is 5.89. The third-order valence-corrected chi connectivity index (χ3v) is 5.76. The molecule has 0 unspecified atom stereocenters. The number of hydrogen-bond acceptors (Lipinski definition) is 3. The van der Waals surface area contributed by atoms with E-state index in [1.807, 2.05) is 43.3 Å². The van der Waals surface area contributed by atoms with E-state index in [1.54, 1.807) is 6.20 Å². The number of rotatable bonds is 2. The first-order chi connectivity index (χ1) is 14.2. The first-order valence-corrected chi connectivity index (χ1v) is 9.72. The summed E-state index contributed by atoms with van der Waals surface area (Å²) in [6.07, 6.45) is 2.63. The Kier molecular flexibility index (Phi) is 3.30. The highest BCUT2D eigenvalue weighted by molar-refractivity contribution is 6.11. The third kappa shape index (κ3) is 2.44. The van der Waals surface area contributed by atoms with Crippen LogP contribution < -0.4 is 5.63 Å². The van der Waals surface area contributed by atoms with E-state index in [0.29, 0.717) is 11.0 Å². The number of aromatic nitrogens is 1. The molecule has 0 saturated heterocycles. The van der Waals surface area contributed by atoms with E-state index in [1.165, 1.54) is 11.1 Å². The van der Waals surface area contributed by atoms with Crippen LogP contribution in [-0.2, 0) is 6.42 Å². The summed E-state index contributed by atoms with van der Waals surface area (Å²) in [4.78, 5) is 17.1. The van der Waals surface area contributed by atoms with Crippen LogP contribution in [0.2, 0.25) is 0 Å². The van der Waals surface area contributed by atoms with Gasteiger partial charge in [-0.1, -0.05) is 30.3 Å². The summed E-state index contributed by atoms with van der Waals surface area (Å²) in [5.41, 5.74) is 8.08. The van der Waals surface area contributed by atoms with Crippen LogP contribution in [0, 0.1) is 6.92 Å². The van der Waals surface area contributed by atoms with Gasteiger partial charge in [-0.05, 0) is 77.6 Å². The average molecular weight is 375 g/mol. The molecule has 0 radical (unpaired) electrons. The lowest BCUT2D eigenvalue weighted by Gasteiger charge is -2.08. The number of hydrogen-bond donors (Lipinski definition) is 0. The Hall–Kier alpha value is -3.72. The third-order valence-electron chi connectivity index (χ3n) is 5.76. The number of aryl methyl sites for hydroxylation is 1. The molecule has 5 aromatic rings. The fourth-order valence-electron chi connectivity index (χ4n) is 4.55. The predicted molar refractivity (Wildman–Crippen MR) is 116 cm³/mol. The second-order valence-corrected chi connectivity index (χ2v) is 7.72. The van der Waals surface area contributed by atoms with Crippen LogP contribution in [0.3, 0.4) is 0 Å². The van der Waals surface area contributed by atoms with Gasteiger partial charge < -0.3 is 4.42 Å².